The van der Waals surface area contributed by atoms with Crippen molar-refractivity contribution in [2.24, 2.45) is 22.4 Å². The monoisotopic (exact) mass is 448 g/mol. The molecule has 0 aromatic heterocycles. The summed E-state index contributed by atoms with van der Waals surface area (Å²) in [4.78, 5) is 32.7. The van der Waals surface area contributed by atoms with E-state index in [1.165, 1.54) is 0 Å². The highest BCUT2D eigenvalue weighted by Gasteiger charge is 2.70. The van der Waals surface area contributed by atoms with Gasteiger partial charge in [-0.15, -0.1) is 0 Å². The van der Waals surface area contributed by atoms with Crippen LogP contribution in [0.3, 0.4) is 0 Å². The van der Waals surface area contributed by atoms with Gasteiger partial charge in [0.25, 0.3) is 0 Å². The molecule has 2 aliphatic heterocycles. The second-order valence-electron chi connectivity index (χ2n) is 8.69. The van der Waals surface area contributed by atoms with Crippen LogP contribution in [0, 0.1) is 17.3 Å². The largest absolute Gasteiger partial charge is 0.513 e. The molecule has 8 heteroatoms. The topological polar surface area (TPSA) is 88.4 Å². The van der Waals surface area contributed by atoms with Gasteiger partial charge in [-0.1, -0.05) is 49.2 Å². The second kappa shape index (κ2) is 8.43. The molecular formula is C23H29ClN2O5. The molecule has 0 radical (unpaired) electrons. The van der Waals surface area contributed by atoms with E-state index in [9.17, 15) is 9.59 Å². The summed E-state index contributed by atoms with van der Waals surface area (Å²) in [5, 5.41) is 14.3. The molecule has 1 aromatic rings. The van der Waals surface area contributed by atoms with Crippen LogP contribution in [-0.4, -0.2) is 46.7 Å². The number of oxime groups is 1. The van der Waals surface area contributed by atoms with E-state index in [0.29, 0.717) is 30.7 Å². The minimum Gasteiger partial charge on any atom is -0.449 e. The van der Waals surface area contributed by atoms with E-state index in [4.69, 9.17) is 21.5 Å². The molecule has 1 saturated heterocycles. The zero-order chi connectivity index (χ0) is 22.2. The Labute approximate surface area is 187 Å². The first kappa shape index (κ1) is 22.1. The fourth-order valence-corrected chi connectivity index (χ4v) is 6.50. The summed E-state index contributed by atoms with van der Waals surface area (Å²) in [5.74, 6) is -1.38. The van der Waals surface area contributed by atoms with Crippen molar-refractivity contribution in [2.75, 3.05) is 13.1 Å². The van der Waals surface area contributed by atoms with Gasteiger partial charge in [0.1, 0.15) is 0 Å². The normalized spacial score (nSPS) is 32.8. The van der Waals surface area contributed by atoms with Gasteiger partial charge in [0.2, 0.25) is 5.72 Å². The minimum absolute atomic E-state index is 0.171. The van der Waals surface area contributed by atoms with Gasteiger partial charge in [0.15, 0.2) is 0 Å². The van der Waals surface area contributed by atoms with Gasteiger partial charge < -0.3 is 14.7 Å². The van der Waals surface area contributed by atoms with Crippen LogP contribution in [0.2, 0.25) is 5.02 Å². The Balaban J connectivity index is 1.85. The Morgan fingerprint density at radius 1 is 1.26 bits per heavy atom. The van der Waals surface area contributed by atoms with Crippen molar-refractivity contribution in [3.63, 3.8) is 0 Å². The molecule has 1 N–H and O–H groups in total. The van der Waals surface area contributed by atoms with E-state index in [0.717, 1.165) is 37.2 Å². The van der Waals surface area contributed by atoms with Crippen molar-refractivity contribution in [1.29, 1.82) is 0 Å². The maximum atomic E-state index is 12.8. The zero-order valence-electron chi connectivity index (χ0n) is 18.0. The van der Waals surface area contributed by atoms with Crippen LogP contribution in [0.25, 0.3) is 0 Å². The molecule has 0 bridgehead atoms. The predicted octanol–water partition coefficient (Wildman–Crippen LogP) is 4.92. The third-order valence-electron chi connectivity index (χ3n) is 7.54. The quantitative estimate of drug-likeness (QED) is 0.508. The number of nitrogens with zero attached hydrogens (tertiary/aromatic N) is 2. The standard InChI is InChI=1S/C23H29ClN2O5/c1-3-18-17(20(27)30-21(28)29)11-12-23(26-13-5-6-14-26)22(18,4-2)19(25-31-23)15-7-9-16(24)10-8-15/h7-10,17-18H,3-6,11-14H2,1-2H3,(H,28,29). The summed E-state index contributed by atoms with van der Waals surface area (Å²) in [6, 6.07) is 7.54. The summed E-state index contributed by atoms with van der Waals surface area (Å²) in [5.41, 5.74) is 0.519. The minimum atomic E-state index is -1.56. The summed E-state index contributed by atoms with van der Waals surface area (Å²) in [6.45, 7) is 6.00. The van der Waals surface area contributed by atoms with Crippen LogP contribution in [0.15, 0.2) is 29.4 Å². The van der Waals surface area contributed by atoms with Crippen LogP contribution in [0.1, 0.15) is 57.9 Å². The summed E-state index contributed by atoms with van der Waals surface area (Å²) >= 11 is 6.13. The molecule has 0 spiro atoms. The lowest BCUT2D eigenvalue weighted by Gasteiger charge is -2.56. The second-order valence-corrected chi connectivity index (χ2v) is 9.12. The van der Waals surface area contributed by atoms with Crippen LogP contribution >= 0.6 is 11.6 Å². The lowest BCUT2D eigenvalue weighted by Crippen LogP contribution is -2.67. The molecule has 4 rings (SSSR count). The van der Waals surface area contributed by atoms with E-state index in [2.05, 4.69) is 21.7 Å². The molecule has 31 heavy (non-hydrogen) atoms. The van der Waals surface area contributed by atoms with E-state index in [-0.39, 0.29) is 5.92 Å². The molecule has 1 aromatic carbocycles. The maximum absolute atomic E-state index is 12.8. The van der Waals surface area contributed by atoms with Gasteiger partial charge in [-0.3, -0.25) is 9.69 Å². The number of fused-ring (bicyclic) bond motifs is 1. The number of carbonyl (C=O) groups is 2. The molecule has 0 amide bonds. The Morgan fingerprint density at radius 2 is 1.94 bits per heavy atom. The number of hydrogen-bond acceptors (Lipinski definition) is 6. The van der Waals surface area contributed by atoms with Crippen molar-refractivity contribution >= 4 is 29.4 Å². The van der Waals surface area contributed by atoms with Crippen molar-refractivity contribution in [3.05, 3.63) is 34.9 Å². The number of likely N-dealkylation sites (tertiary alicyclic amines) is 1. The van der Waals surface area contributed by atoms with Crippen LogP contribution in [0.4, 0.5) is 4.79 Å². The lowest BCUT2D eigenvalue weighted by molar-refractivity contribution is -0.229. The third kappa shape index (κ3) is 3.33. The smallest absolute Gasteiger partial charge is 0.449 e. The SMILES string of the molecule is CCC1C(C(=O)OC(=O)O)CCC2(N3CCCC3)ON=C(c3ccc(Cl)cc3)C12CC. The Morgan fingerprint density at radius 3 is 2.52 bits per heavy atom. The molecular weight excluding hydrogens is 420 g/mol. The van der Waals surface area contributed by atoms with Gasteiger partial charge in [0, 0.05) is 30.1 Å². The van der Waals surface area contributed by atoms with E-state index in [1.54, 1.807) is 0 Å². The maximum Gasteiger partial charge on any atom is 0.513 e. The molecule has 3 aliphatic rings. The number of esters is 1. The fourth-order valence-electron chi connectivity index (χ4n) is 6.38. The van der Waals surface area contributed by atoms with Crippen LogP contribution in [0.5, 0.6) is 0 Å². The highest BCUT2D eigenvalue weighted by molar-refractivity contribution is 6.30. The molecule has 1 aliphatic carbocycles. The Bertz CT molecular complexity index is 882. The van der Waals surface area contributed by atoms with E-state index < -0.39 is 29.2 Å². The van der Waals surface area contributed by atoms with Gasteiger partial charge in [0.05, 0.1) is 17.0 Å². The van der Waals surface area contributed by atoms with E-state index >= 15 is 0 Å². The Kier molecular flexibility index (Phi) is 6.01. The van der Waals surface area contributed by atoms with Crippen molar-refractivity contribution in [1.82, 2.24) is 4.90 Å². The highest BCUT2D eigenvalue weighted by Crippen LogP contribution is 2.62. The molecule has 2 heterocycles. The number of rotatable bonds is 5. The average Bonchev–Trinajstić information content (AvgIpc) is 3.40. The number of benzene rings is 1. The van der Waals surface area contributed by atoms with Crippen molar-refractivity contribution in [2.45, 2.75) is 58.1 Å². The first-order chi connectivity index (χ1) is 14.9. The number of carboxylic acid groups (broad SMARTS) is 1. The van der Waals surface area contributed by atoms with Crippen LogP contribution in [-0.2, 0) is 14.4 Å². The molecule has 1 saturated carbocycles. The molecule has 168 valence electrons. The van der Waals surface area contributed by atoms with Crippen molar-refractivity contribution in [3.8, 4) is 0 Å². The summed E-state index contributed by atoms with van der Waals surface area (Å²) in [6.07, 6.45) is 3.13. The van der Waals surface area contributed by atoms with Crippen LogP contribution < -0.4 is 0 Å². The van der Waals surface area contributed by atoms with Gasteiger partial charge in [-0.25, -0.2) is 4.79 Å². The summed E-state index contributed by atoms with van der Waals surface area (Å²) < 4.78 is 4.64. The van der Waals surface area contributed by atoms with Gasteiger partial charge >= 0.3 is 12.1 Å². The zero-order valence-corrected chi connectivity index (χ0v) is 18.7. The Hall–Kier alpha value is -2.12. The number of carbonyl (C=O) groups excluding carboxylic acids is 1. The molecule has 4 unspecified atom stereocenters. The highest BCUT2D eigenvalue weighted by atomic mass is 35.5. The number of ether oxygens (including phenoxy) is 1. The molecule has 7 nitrogen and oxygen atoms in total. The number of halogens is 1. The predicted molar refractivity (Wildman–Crippen MR) is 116 cm³/mol. The van der Waals surface area contributed by atoms with Gasteiger partial charge in [-0.2, -0.15) is 0 Å². The van der Waals surface area contributed by atoms with E-state index in [1.807, 2.05) is 31.2 Å². The molecule has 4 atom stereocenters. The van der Waals surface area contributed by atoms with Gasteiger partial charge in [-0.05, 0) is 43.7 Å². The number of hydrogen-bond donors (Lipinski definition) is 1. The fraction of sp³-hybridized carbons (Fsp3) is 0.609. The first-order valence-electron chi connectivity index (χ1n) is 11.1. The first-order valence-corrected chi connectivity index (χ1v) is 11.5. The van der Waals surface area contributed by atoms with Crippen molar-refractivity contribution < 1.29 is 24.3 Å². The summed E-state index contributed by atoms with van der Waals surface area (Å²) in [7, 11) is 0. The lowest BCUT2D eigenvalue weighted by atomic mass is 9.52. The third-order valence-corrected chi connectivity index (χ3v) is 7.80. The molecule has 2 fully saturated rings. The average molecular weight is 449 g/mol.